The molecule has 3 nitrogen and oxygen atoms in total. The maximum absolute atomic E-state index is 12.2. The van der Waals surface area contributed by atoms with Gasteiger partial charge < -0.3 is 5.32 Å². The highest BCUT2D eigenvalue weighted by Crippen LogP contribution is 2.11. The van der Waals surface area contributed by atoms with E-state index in [4.69, 9.17) is 0 Å². The summed E-state index contributed by atoms with van der Waals surface area (Å²) in [6.45, 7) is 8.04. The SMILES string of the molecule is Cc1ccc(C(=O)NC(CCBr)C(C)C)c(C)n1. The van der Waals surface area contributed by atoms with Crippen LogP contribution in [-0.2, 0) is 0 Å². The lowest BCUT2D eigenvalue weighted by molar-refractivity contribution is 0.0924. The van der Waals surface area contributed by atoms with Gasteiger partial charge in [-0.1, -0.05) is 29.8 Å². The second-order valence-electron chi connectivity index (χ2n) is 4.89. The molecule has 1 heterocycles. The molecule has 0 aliphatic heterocycles. The summed E-state index contributed by atoms with van der Waals surface area (Å²) in [6, 6.07) is 3.91. The molecule has 1 rings (SSSR count). The number of nitrogens with zero attached hydrogens (tertiary/aromatic N) is 1. The smallest absolute Gasteiger partial charge is 0.253 e. The molecule has 1 N–H and O–H groups in total. The lowest BCUT2D eigenvalue weighted by Crippen LogP contribution is -2.39. The van der Waals surface area contributed by atoms with Crippen LogP contribution in [0.5, 0.6) is 0 Å². The van der Waals surface area contributed by atoms with Crippen LogP contribution in [0, 0.1) is 19.8 Å². The average molecular weight is 313 g/mol. The number of alkyl halides is 1. The zero-order chi connectivity index (χ0) is 13.7. The highest BCUT2D eigenvalue weighted by molar-refractivity contribution is 9.09. The van der Waals surface area contributed by atoms with Crippen LogP contribution in [0.3, 0.4) is 0 Å². The third-order valence-electron chi connectivity index (χ3n) is 3.01. The molecule has 0 saturated heterocycles. The van der Waals surface area contributed by atoms with Crippen molar-refractivity contribution >= 4 is 21.8 Å². The van der Waals surface area contributed by atoms with Gasteiger partial charge in [0.2, 0.25) is 0 Å². The van der Waals surface area contributed by atoms with E-state index in [0.29, 0.717) is 11.5 Å². The zero-order valence-corrected chi connectivity index (χ0v) is 13.0. The molecule has 0 bridgehead atoms. The summed E-state index contributed by atoms with van der Waals surface area (Å²) in [7, 11) is 0. The molecule has 0 fully saturated rings. The molecular formula is C14H21BrN2O. The number of carbonyl (C=O) groups excluding carboxylic acids is 1. The van der Waals surface area contributed by atoms with Crippen LogP contribution >= 0.6 is 15.9 Å². The van der Waals surface area contributed by atoms with Gasteiger partial charge >= 0.3 is 0 Å². The number of hydrogen-bond acceptors (Lipinski definition) is 2. The molecule has 0 spiro atoms. The Bertz CT molecular complexity index is 418. The number of amides is 1. The Morgan fingerprint density at radius 3 is 2.56 bits per heavy atom. The van der Waals surface area contributed by atoms with Crippen molar-refractivity contribution in [2.45, 2.75) is 40.2 Å². The number of hydrogen-bond donors (Lipinski definition) is 1. The van der Waals surface area contributed by atoms with E-state index in [2.05, 4.69) is 40.1 Å². The maximum Gasteiger partial charge on any atom is 0.253 e. The van der Waals surface area contributed by atoms with E-state index in [0.717, 1.165) is 23.1 Å². The number of pyridine rings is 1. The fourth-order valence-electron chi connectivity index (χ4n) is 1.86. The summed E-state index contributed by atoms with van der Waals surface area (Å²) in [5.41, 5.74) is 2.39. The molecule has 4 heteroatoms. The highest BCUT2D eigenvalue weighted by atomic mass is 79.9. The summed E-state index contributed by atoms with van der Waals surface area (Å²) in [5.74, 6) is 0.393. The largest absolute Gasteiger partial charge is 0.349 e. The number of rotatable bonds is 5. The molecule has 1 atom stereocenters. The van der Waals surface area contributed by atoms with Crippen molar-refractivity contribution in [3.63, 3.8) is 0 Å². The number of aryl methyl sites for hydroxylation is 2. The van der Waals surface area contributed by atoms with Crippen LogP contribution in [0.25, 0.3) is 0 Å². The molecule has 1 unspecified atom stereocenters. The number of halogens is 1. The number of carbonyl (C=O) groups is 1. The van der Waals surface area contributed by atoms with Crippen molar-refractivity contribution < 1.29 is 4.79 Å². The Hall–Kier alpha value is -0.900. The van der Waals surface area contributed by atoms with Gasteiger partial charge in [0.25, 0.3) is 5.91 Å². The zero-order valence-electron chi connectivity index (χ0n) is 11.5. The van der Waals surface area contributed by atoms with Crippen molar-refractivity contribution in [1.82, 2.24) is 10.3 Å². The van der Waals surface area contributed by atoms with Crippen molar-refractivity contribution in [3.05, 3.63) is 29.1 Å². The fraction of sp³-hybridized carbons (Fsp3) is 0.571. The predicted molar refractivity (Wildman–Crippen MR) is 78.2 cm³/mol. The van der Waals surface area contributed by atoms with E-state index < -0.39 is 0 Å². The summed E-state index contributed by atoms with van der Waals surface area (Å²) in [5, 5.41) is 3.98. The van der Waals surface area contributed by atoms with Crippen LogP contribution in [-0.4, -0.2) is 22.3 Å². The number of nitrogens with one attached hydrogen (secondary N) is 1. The van der Waals surface area contributed by atoms with Crippen molar-refractivity contribution in [1.29, 1.82) is 0 Å². The van der Waals surface area contributed by atoms with E-state index in [1.54, 1.807) is 0 Å². The molecule has 1 aromatic heterocycles. The van der Waals surface area contributed by atoms with Crippen molar-refractivity contribution in [3.8, 4) is 0 Å². The molecule has 1 aromatic rings. The predicted octanol–water partition coefficient (Wildman–Crippen LogP) is 3.24. The molecule has 1 amide bonds. The van der Waals surface area contributed by atoms with Crippen LogP contribution < -0.4 is 5.32 Å². The Kier molecular flexibility index (Phi) is 5.79. The first-order valence-electron chi connectivity index (χ1n) is 6.26. The molecule has 0 aliphatic carbocycles. The van der Waals surface area contributed by atoms with Gasteiger partial charge in [-0.3, -0.25) is 9.78 Å². The molecule has 100 valence electrons. The standard InChI is InChI=1S/C14H21BrN2O/c1-9(2)13(7-8-15)17-14(18)12-6-5-10(3)16-11(12)4/h5-6,9,13H,7-8H2,1-4H3,(H,17,18). The summed E-state index contributed by atoms with van der Waals surface area (Å²) < 4.78 is 0. The number of aromatic nitrogens is 1. The minimum atomic E-state index is -0.0281. The highest BCUT2D eigenvalue weighted by Gasteiger charge is 2.18. The third kappa shape index (κ3) is 4.09. The van der Waals surface area contributed by atoms with E-state index >= 15 is 0 Å². The Morgan fingerprint density at radius 2 is 2.06 bits per heavy atom. The Balaban J connectivity index is 2.80. The van der Waals surface area contributed by atoms with Crippen molar-refractivity contribution in [2.24, 2.45) is 5.92 Å². The molecule has 0 aliphatic rings. The van der Waals surface area contributed by atoms with E-state index in [1.165, 1.54) is 0 Å². The van der Waals surface area contributed by atoms with E-state index in [1.807, 2.05) is 26.0 Å². The van der Waals surface area contributed by atoms with Crippen LogP contribution in [0.15, 0.2) is 12.1 Å². The first-order valence-corrected chi connectivity index (χ1v) is 7.39. The van der Waals surface area contributed by atoms with Gasteiger partial charge in [0.1, 0.15) is 0 Å². The maximum atomic E-state index is 12.2. The second kappa shape index (κ2) is 6.88. The molecule has 18 heavy (non-hydrogen) atoms. The Morgan fingerprint density at radius 1 is 1.39 bits per heavy atom. The monoisotopic (exact) mass is 312 g/mol. The average Bonchev–Trinajstić information content (AvgIpc) is 2.27. The third-order valence-corrected chi connectivity index (χ3v) is 3.47. The van der Waals surface area contributed by atoms with Gasteiger partial charge in [0, 0.05) is 17.1 Å². The first kappa shape index (κ1) is 15.2. The van der Waals surface area contributed by atoms with E-state index in [9.17, 15) is 4.79 Å². The van der Waals surface area contributed by atoms with Gasteiger partial charge in [0.15, 0.2) is 0 Å². The first-order chi connectivity index (χ1) is 8.45. The summed E-state index contributed by atoms with van der Waals surface area (Å²) in [4.78, 5) is 16.5. The topological polar surface area (TPSA) is 42.0 Å². The van der Waals surface area contributed by atoms with Crippen LogP contribution in [0.2, 0.25) is 0 Å². The molecule has 0 radical (unpaired) electrons. The van der Waals surface area contributed by atoms with Gasteiger partial charge in [-0.2, -0.15) is 0 Å². The van der Waals surface area contributed by atoms with E-state index in [-0.39, 0.29) is 11.9 Å². The lowest BCUT2D eigenvalue weighted by Gasteiger charge is -2.22. The summed E-state index contributed by atoms with van der Waals surface area (Å²) in [6.07, 6.45) is 0.932. The molecule has 0 saturated carbocycles. The van der Waals surface area contributed by atoms with Gasteiger partial charge in [0.05, 0.1) is 11.3 Å². The van der Waals surface area contributed by atoms with Crippen LogP contribution in [0.4, 0.5) is 0 Å². The Labute approximate surface area is 118 Å². The fourth-order valence-corrected chi connectivity index (χ4v) is 2.36. The van der Waals surface area contributed by atoms with Gasteiger partial charge in [-0.25, -0.2) is 0 Å². The molecule has 0 aromatic carbocycles. The van der Waals surface area contributed by atoms with Crippen LogP contribution in [0.1, 0.15) is 42.0 Å². The minimum absolute atomic E-state index is 0.0281. The second-order valence-corrected chi connectivity index (χ2v) is 5.68. The summed E-state index contributed by atoms with van der Waals surface area (Å²) >= 11 is 3.42. The molecular weight excluding hydrogens is 292 g/mol. The van der Waals surface area contributed by atoms with Gasteiger partial charge in [-0.05, 0) is 38.3 Å². The lowest BCUT2D eigenvalue weighted by atomic mass is 10.0. The van der Waals surface area contributed by atoms with Gasteiger partial charge in [-0.15, -0.1) is 0 Å². The quantitative estimate of drug-likeness (QED) is 0.848. The van der Waals surface area contributed by atoms with Crippen molar-refractivity contribution in [2.75, 3.05) is 5.33 Å². The minimum Gasteiger partial charge on any atom is -0.349 e. The normalized spacial score (nSPS) is 12.6.